The zero-order chi connectivity index (χ0) is 14.6. The molecule has 0 aliphatic carbocycles. The fourth-order valence-corrected chi connectivity index (χ4v) is 3.12. The molecule has 0 unspecified atom stereocenters. The van der Waals surface area contributed by atoms with Crippen LogP contribution in [0, 0.1) is 6.92 Å². The van der Waals surface area contributed by atoms with Gasteiger partial charge in [-0.3, -0.25) is 0 Å². The molecule has 3 heteroatoms. The van der Waals surface area contributed by atoms with E-state index in [-0.39, 0.29) is 13.2 Å². The highest BCUT2D eigenvalue weighted by atomic mass is 79.9. The van der Waals surface area contributed by atoms with Crippen molar-refractivity contribution in [3.8, 4) is 0 Å². The standard InChI is InChI=1S/C17H19BrO2/c1-13-6-8-14(9-7-13)10-17(11-19,12-20)15-4-2-3-5-16(15)18/h2-9,19-20H,10-12H2,1H3. The molecule has 2 N–H and O–H groups in total. The maximum absolute atomic E-state index is 9.89. The third-order valence-corrected chi connectivity index (χ3v) is 4.41. The summed E-state index contributed by atoms with van der Waals surface area (Å²) in [7, 11) is 0. The van der Waals surface area contributed by atoms with Crippen LogP contribution in [-0.4, -0.2) is 23.4 Å². The first-order valence-corrected chi connectivity index (χ1v) is 7.43. The van der Waals surface area contributed by atoms with Crippen LogP contribution < -0.4 is 0 Å². The molecule has 0 aliphatic rings. The van der Waals surface area contributed by atoms with Gasteiger partial charge >= 0.3 is 0 Å². The molecule has 2 rings (SSSR count). The van der Waals surface area contributed by atoms with Gasteiger partial charge in [0, 0.05) is 9.89 Å². The largest absolute Gasteiger partial charge is 0.395 e. The summed E-state index contributed by atoms with van der Waals surface area (Å²) in [5.41, 5.74) is 2.57. The molecule has 2 aromatic rings. The van der Waals surface area contributed by atoms with Crippen LogP contribution >= 0.6 is 15.9 Å². The number of halogens is 1. The molecule has 20 heavy (non-hydrogen) atoms. The Hall–Kier alpha value is -1.16. The van der Waals surface area contributed by atoms with E-state index in [2.05, 4.69) is 28.1 Å². The highest BCUT2D eigenvalue weighted by molar-refractivity contribution is 9.10. The van der Waals surface area contributed by atoms with Gasteiger partial charge in [-0.15, -0.1) is 0 Å². The molecule has 0 fully saturated rings. The zero-order valence-corrected chi connectivity index (χ0v) is 13.1. The minimum absolute atomic E-state index is 0.0972. The molecule has 0 bridgehead atoms. The van der Waals surface area contributed by atoms with Gasteiger partial charge in [-0.25, -0.2) is 0 Å². The van der Waals surface area contributed by atoms with Crippen LogP contribution in [0.2, 0.25) is 0 Å². The molecule has 0 atom stereocenters. The predicted molar refractivity (Wildman–Crippen MR) is 84.9 cm³/mol. The SMILES string of the molecule is Cc1ccc(CC(CO)(CO)c2ccccc2Br)cc1. The minimum atomic E-state index is -0.671. The quantitative estimate of drug-likeness (QED) is 0.881. The average Bonchev–Trinajstić information content (AvgIpc) is 2.48. The lowest BCUT2D eigenvalue weighted by Gasteiger charge is -2.31. The monoisotopic (exact) mass is 334 g/mol. The molecule has 2 aromatic carbocycles. The van der Waals surface area contributed by atoms with Crippen LogP contribution in [0.25, 0.3) is 0 Å². The van der Waals surface area contributed by atoms with Crippen LogP contribution in [0.5, 0.6) is 0 Å². The third-order valence-electron chi connectivity index (χ3n) is 3.71. The van der Waals surface area contributed by atoms with Crippen molar-refractivity contribution in [2.45, 2.75) is 18.8 Å². The number of aliphatic hydroxyl groups is 2. The number of aryl methyl sites for hydroxylation is 1. The fourth-order valence-electron chi connectivity index (χ4n) is 2.42. The minimum Gasteiger partial charge on any atom is -0.395 e. The van der Waals surface area contributed by atoms with Gasteiger partial charge in [-0.1, -0.05) is 64.0 Å². The summed E-state index contributed by atoms with van der Waals surface area (Å²) in [6.45, 7) is 1.85. The number of benzene rings is 2. The molecule has 2 nitrogen and oxygen atoms in total. The molecule has 0 aromatic heterocycles. The van der Waals surface area contributed by atoms with E-state index in [0.29, 0.717) is 6.42 Å². The van der Waals surface area contributed by atoms with Crippen molar-refractivity contribution < 1.29 is 10.2 Å². The predicted octanol–water partition coefficient (Wildman–Crippen LogP) is 3.22. The first kappa shape index (κ1) is 15.2. The van der Waals surface area contributed by atoms with Gasteiger partial charge in [0.05, 0.1) is 13.2 Å². The van der Waals surface area contributed by atoms with Crippen molar-refractivity contribution in [3.63, 3.8) is 0 Å². The van der Waals surface area contributed by atoms with Crippen molar-refractivity contribution in [3.05, 3.63) is 69.7 Å². The second-order valence-electron chi connectivity index (χ2n) is 5.24. The first-order valence-electron chi connectivity index (χ1n) is 6.63. The Morgan fingerprint density at radius 1 is 0.950 bits per heavy atom. The fraction of sp³-hybridized carbons (Fsp3) is 0.294. The Kier molecular flexibility index (Phi) is 4.97. The van der Waals surface area contributed by atoms with E-state index in [9.17, 15) is 10.2 Å². The topological polar surface area (TPSA) is 40.5 Å². The van der Waals surface area contributed by atoms with E-state index in [1.807, 2.05) is 43.3 Å². The second-order valence-corrected chi connectivity index (χ2v) is 6.09. The molecule has 0 amide bonds. The van der Waals surface area contributed by atoms with Crippen LogP contribution in [0.15, 0.2) is 53.0 Å². The van der Waals surface area contributed by atoms with Crippen molar-refractivity contribution in [2.75, 3.05) is 13.2 Å². The van der Waals surface area contributed by atoms with Crippen LogP contribution in [0.4, 0.5) is 0 Å². The molecule has 0 saturated carbocycles. The van der Waals surface area contributed by atoms with Gasteiger partial charge in [0.2, 0.25) is 0 Å². The summed E-state index contributed by atoms with van der Waals surface area (Å²) >= 11 is 3.52. The molecule has 0 saturated heterocycles. The zero-order valence-electron chi connectivity index (χ0n) is 11.5. The normalized spacial score (nSPS) is 11.6. The maximum atomic E-state index is 9.89. The van der Waals surface area contributed by atoms with E-state index in [1.165, 1.54) is 5.56 Å². The highest BCUT2D eigenvalue weighted by Gasteiger charge is 2.33. The molecule has 106 valence electrons. The Labute approximate surface area is 128 Å². The van der Waals surface area contributed by atoms with Crippen LogP contribution in [0.3, 0.4) is 0 Å². The van der Waals surface area contributed by atoms with Gasteiger partial charge in [-0.2, -0.15) is 0 Å². The van der Waals surface area contributed by atoms with E-state index in [0.717, 1.165) is 15.6 Å². The van der Waals surface area contributed by atoms with Crippen molar-refractivity contribution >= 4 is 15.9 Å². The van der Waals surface area contributed by atoms with E-state index < -0.39 is 5.41 Å². The Morgan fingerprint density at radius 3 is 2.10 bits per heavy atom. The highest BCUT2D eigenvalue weighted by Crippen LogP contribution is 2.33. The van der Waals surface area contributed by atoms with Gasteiger partial charge in [0.1, 0.15) is 0 Å². The molecule has 0 aliphatic heterocycles. The number of aliphatic hydroxyl groups excluding tert-OH is 2. The van der Waals surface area contributed by atoms with E-state index in [1.54, 1.807) is 0 Å². The lowest BCUT2D eigenvalue weighted by atomic mass is 9.77. The Morgan fingerprint density at radius 2 is 1.55 bits per heavy atom. The molecule has 0 radical (unpaired) electrons. The third kappa shape index (κ3) is 3.11. The number of hydrogen-bond donors (Lipinski definition) is 2. The van der Waals surface area contributed by atoms with E-state index >= 15 is 0 Å². The molecular weight excluding hydrogens is 316 g/mol. The lowest BCUT2D eigenvalue weighted by molar-refractivity contribution is 0.115. The van der Waals surface area contributed by atoms with Crippen LogP contribution in [-0.2, 0) is 11.8 Å². The van der Waals surface area contributed by atoms with Gasteiger partial charge in [-0.05, 0) is 30.5 Å². The van der Waals surface area contributed by atoms with E-state index in [4.69, 9.17) is 0 Å². The molecule has 0 heterocycles. The molecule has 0 spiro atoms. The summed E-state index contributed by atoms with van der Waals surface area (Å²) in [6, 6.07) is 15.9. The van der Waals surface area contributed by atoms with Gasteiger partial charge in [0.15, 0.2) is 0 Å². The average molecular weight is 335 g/mol. The summed E-state index contributed by atoms with van der Waals surface area (Å²) in [5, 5.41) is 19.8. The van der Waals surface area contributed by atoms with Crippen LogP contribution in [0.1, 0.15) is 16.7 Å². The second kappa shape index (κ2) is 6.53. The lowest BCUT2D eigenvalue weighted by Crippen LogP contribution is -2.37. The van der Waals surface area contributed by atoms with Crippen molar-refractivity contribution in [2.24, 2.45) is 0 Å². The molecular formula is C17H19BrO2. The summed E-state index contributed by atoms with van der Waals surface area (Å²) in [4.78, 5) is 0. The smallest absolute Gasteiger partial charge is 0.0553 e. The first-order chi connectivity index (χ1) is 9.61. The Bertz CT molecular complexity index is 559. The maximum Gasteiger partial charge on any atom is 0.0553 e. The number of rotatable bonds is 5. The van der Waals surface area contributed by atoms with Gasteiger partial charge < -0.3 is 10.2 Å². The summed E-state index contributed by atoms with van der Waals surface area (Å²) < 4.78 is 0.912. The summed E-state index contributed by atoms with van der Waals surface area (Å²) in [6.07, 6.45) is 0.600. The summed E-state index contributed by atoms with van der Waals surface area (Å²) in [5.74, 6) is 0. The van der Waals surface area contributed by atoms with Crippen molar-refractivity contribution in [1.82, 2.24) is 0 Å². The Balaban J connectivity index is 2.39. The van der Waals surface area contributed by atoms with Gasteiger partial charge in [0.25, 0.3) is 0 Å². The number of hydrogen-bond acceptors (Lipinski definition) is 2. The van der Waals surface area contributed by atoms with Crippen molar-refractivity contribution in [1.29, 1.82) is 0 Å².